The maximum absolute atomic E-state index is 16.5. The molecule has 0 fully saturated rings. The number of hydrogen-bond donors (Lipinski definition) is 1. The van der Waals surface area contributed by atoms with Gasteiger partial charge in [-0.15, -0.1) is 0 Å². The number of ether oxygens (including phenoxy) is 1. The maximum Gasteiger partial charge on any atom is 0.266 e. The van der Waals surface area contributed by atoms with Crippen LogP contribution < -0.4 is 9.62 Å². The van der Waals surface area contributed by atoms with Crippen molar-refractivity contribution in [2.45, 2.75) is 44.0 Å². The van der Waals surface area contributed by atoms with Crippen LogP contribution in [0.3, 0.4) is 0 Å². The Bertz CT molecular complexity index is 2430. The Morgan fingerprint density at radius 1 is 0.961 bits per heavy atom. The van der Waals surface area contributed by atoms with Crippen LogP contribution in [0.25, 0.3) is 32.7 Å². The molecule has 0 radical (unpaired) electrons. The molecule has 3 aromatic heterocycles. The van der Waals surface area contributed by atoms with Crippen molar-refractivity contribution in [3.05, 3.63) is 113 Å². The number of aromatic nitrogens is 5. The van der Waals surface area contributed by atoms with Crippen LogP contribution in [-0.4, -0.2) is 54.3 Å². The first-order valence-corrected chi connectivity index (χ1v) is 21.0. The van der Waals surface area contributed by atoms with Crippen LogP contribution in [0.1, 0.15) is 11.1 Å². The molecule has 51 heavy (non-hydrogen) atoms. The summed E-state index contributed by atoms with van der Waals surface area (Å²) in [5.41, 5.74) is 1.22. The molecule has 0 spiro atoms. The molecule has 16 heteroatoms. The summed E-state index contributed by atoms with van der Waals surface area (Å²) in [6, 6.07) is 15.0. The molecule has 11 nitrogen and oxygen atoms in total. The average molecular weight is 731 g/mol. The average Bonchev–Trinajstić information content (AvgIpc) is 3.53. The van der Waals surface area contributed by atoms with Gasteiger partial charge < -0.3 is 14.9 Å². The number of hydrogen-bond acceptors (Lipinski definition) is 8. The van der Waals surface area contributed by atoms with E-state index in [1.807, 2.05) is 18.2 Å². The number of pyridine rings is 1. The van der Waals surface area contributed by atoms with Crippen molar-refractivity contribution < 1.29 is 26.3 Å². The lowest BCUT2D eigenvalue weighted by atomic mass is 10.2. The summed E-state index contributed by atoms with van der Waals surface area (Å²) in [4.78, 5) is 20.7. The zero-order chi connectivity index (χ0) is 36.5. The van der Waals surface area contributed by atoms with Crippen molar-refractivity contribution in [3.8, 4) is 5.82 Å². The van der Waals surface area contributed by atoms with Crippen molar-refractivity contribution >= 4 is 57.4 Å². The first kappa shape index (κ1) is 35.5. The van der Waals surface area contributed by atoms with E-state index in [4.69, 9.17) is 16.3 Å². The molecule has 0 saturated carbocycles. The molecule has 0 saturated heterocycles. The van der Waals surface area contributed by atoms with Crippen molar-refractivity contribution in [2.75, 3.05) is 23.0 Å². The summed E-state index contributed by atoms with van der Waals surface area (Å²) in [7, 11) is -6.19. The largest absolute Gasteiger partial charge is 0.360 e. The smallest absolute Gasteiger partial charge is 0.266 e. The topological polar surface area (TPSA) is 119 Å². The standard InChI is InChI=1S/C35H33F3N8O3SSi/c1-22-24(36)9-7-11-29(22)50(47,48)46(21-49-16-17-51(3,4)5)27-14-12-25(37)33(31(27)38)44-35-34-26(40-19-41-35)13-15-30(43-34)45-20-42-32-23(18-39-2)8-6-10-28(32)45/h6-15,19-20H,16-18,21H2,1,3-5H3,(H,40,41,44). The Labute approximate surface area is 293 Å². The zero-order valence-corrected chi connectivity index (χ0v) is 30.0. The number of para-hydroxylation sites is 1. The van der Waals surface area contributed by atoms with Crippen molar-refractivity contribution in [1.29, 1.82) is 0 Å². The summed E-state index contributed by atoms with van der Waals surface area (Å²) < 4.78 is 82.8. The minimum atomic E-state index is -4.61. The third-order valence-corrected chi connectivity index (χ3v) is 11.8. The van der Waals surface area contributed by atoms with E-state index in [1.54, 1.807) is 23.0 Å². The van der Waals surface area contributed by atoms with Crippen LogP contribution in [0.15, 0.2) is 78.2 Å². The molecule has 1 N–H and O–H groups in total. The molecule has 0 unspecified atom stereocenters. The molecule has 0 amide bonds. The minimum Gasteiger partial charge on any atom is -0.360 e. The summed E-state index contributed by atoms with van der Waals surface area (Å²) in [5.74, 6) is -2.71. The highest BCUT2D eigenvalue weighted by Crippen LogP contribution is 2.35. The highest BCUT2D eigenvalue weighted by atomic mass is 32.2. The van der Waals surface area contributed by atoms with Crippen LogP contribution >= 0.6 is 0 Å². The first-order chi connectivity index (χ1) is 24.3. The van der Waals surface area contributed by atoms with Crippen LogP contribution in [0.5, 0.6) is 0 Å². The van der Waals surface area contributed by atoms with Gasteiger partial charge in [-0.1, -0.05) is 31.8 Å². The van der Waals surface area contributed by atoms with E-state index in [0.717, 1.165) is 23.8 Å². The summed E-state index contributed by atoms with van der Waals surface area (Å²) in [6.45, 7) is 14.7. The number of sulfonamides is 1. The van der Waals surface area contributed by atoms with Gasteiger partial charge in [-0.2, -0.15) is 0 Å². The molecule has 0 aliphatic heterocycles. The van der Waals surface area contributed by atoms with E-state index in [9.17, 15) is 12.8 Å². The second-order valence-electron chi connectivity index (χ2n) is 12.9. The highest BCUT2D eigenvalue weighted by molar-refractivity contribution is 7.92. The molecule has 3 aromatic carbocycles. The molecule has 3 heterocycles. The highest BCUT2D eigenvalue weighted by Gasteiger charge is 2.32. The lowest BCUT2D eigenvalue weighted by Crippen LogP contribution is -2.35. The van der Waals surface area contributed by atoms with Crippen molar-refractivity contribution in [2.24, 2.45) is 0 Å². The van der Waals surface area contributed by atoms with Crippen molar-refractivity contribution in [3.63, 3.8) is 0 Å². The predicted molar refractivity (Wildman–Crippen MR) is 192 cm³/mol. The Morgan fingerprint density at radius 2 is 1.75 bits per heavy atom. The van der Waals surface area contributed by atoms with Crippen LogP contribution in [0.4, 0.5) is 30.4 Å². The van der Waals surface area contributed by atoms with Gasteiger partial charge >= 0.3 is 0 Å². The van der Waals surface area contributed by atoms with Gasteiger partial charge in [0.25, 0.3) is 10.0 Å². The quantitative estimate of drug-likeness (QED) is 0.0588. The third-order valence-electron chi connectivity index (χ3n) is 8.20. The molecule has 0 atom stereocenters. The summed E-state index contributed by atoms with van der Waals surface area (Å²) in [5, 5.41) is 2.67. The monoisotopic (exact) mass is 730 g/mol. The fourth-order valence-corrected chi connectivity index (χ4v) is 7.74. The predicted octanol–water partition coefficient (Wildman–Crippen LogP) is 7.76. The fraction of sp³-hybridized carbons (Fsp3) is 0.229. The molecule has 0 aliphatic carbocycles. The molecule has 0 bridgehead atoms. The van der Waals surface area contributed by atoms with Crippen LogP contribution in [0, 0.1) is 30.9 Å². The van der Waals surface area contributed by atoms with E-state index in [1.165, 1.54) is 25.4 Å². The molecule has 262 valence electrons. The number of halogens is 3. The van der Waals surface area contributed by atoms with Crippen molar-refractivity contribution in [1.82, 2.24) is 24.5 Å². The Morgan fingerprint density at radius 3 is 2.51 bits per heavy atom. The van der Waals surface area contributed by atoms with Gasteiger partial charge in [0.2, 0.25) is 6.54 Å². The van der Waals surface area contributed by atoms with Crippen LogP contribution in [-0.2, 0) is 21.3 Å². The van der Waals surface area contributed by atoms with Gasteiger partial charge in [0.1, 0.15) is 48.0 Å². The number of imidazole rings is 1. The third kappa shape index (κ3) is 7.13. The zero-order valence-electron chi connectivity index (χ0n) is 28.2. The Kier molecular flexibility index (Phi) is 9.80. The van der Waals surface area contributed by atoms with Gasteiger partial charge in [0.15, 0.2) is 11.6 Å². The molecule has 0 aliphatic rings. The normalized spacial score (nSPS) is 12.0. The summed E-state index contributed by atoms with van der Waals surface area (Å²) in [6.07, 6.45) is 2.76. The number of rotatable bonds is 12. The summed E-state index contributed by atoms with van der Waals surface area (Å²) >= 11 is 0. The molecular formula is C35H33F3N8O3SSi. The van der Waals surface area contributed by atoms with E-state index >= 15 is 8.78 Å². The van der Waals surface area contributed by atoms with E-state index in [-0.39, 0.29) is 34.9 Å². The fourth-order valence-electron chi connectivity index (χ4n) is 5.40. The first-order valence-electron chi connectivity index (χ1n) is 15.8. The van der Waals surface area contributed by atoms with Gasteiger partial charge in [0.05, 0.1) is 32.7 Å². The molecule has 6 aromatic rings. The number of fused-ring (bicyclic) bond motifs is 2. The number of nitrogens with zero attached hydrogens (tertiary/aromatic N) is 7. The lowest BCUT2D eigenvalue weighted by Gasteiger charge is -2.27. The van der Waals surface area contributed by atoms with Crippen LogP contribution in [0.2, 0.25) is 25.7 Å². The van der Waals surface area contributed by atoms with Gasteiger partial charge in [-0.25, -0.2) is 52.4 Å². The minimum absolute atomic E-state index is 0.0586. The maximum atomic E-state index is 16.5. The lowest BCUT2D eigenvalue weighted by molar-refractivity contribution is 0.156. The van der Waals surface area contributed by atoms with E-state index in [0.29, 0.717) is 32.7 Å². The van der Waals surface area contributed by atoms with Gasteiger partial charge in [-0.05, 0) is 61.5 Å². The molecular weight excluding hydrogens is 698 g/mol. The SMILES string of the molecule is [C-]#[N+]Cc1cccc2c1ncn2-c1ccc2ncnc(Nc3c(F)ccc(N(COCC[Si](C)(C)C)S(=O)(=O)c4cccc(F)c4C)c3F)c2n1. The van der Waals surface area contributed by atoms with E-state index < -0.39 is 53.7 Å². The van der Waals surface area contributed by atoms with Gasteiger partial charge in [-0.3, -0.25) is 4.57 Å². The second-order valence-corrected chi connectivity index (χ2v) is 20.4. The second kappa shape index (κ2) is 14.1. The van der Waals surface area contributed by atoms with E-state index in [2.05, 4.69) is 44.8 Å². The number of anilines is 3. The number of benzene rings is 3. The Balaban J connectivity index is 1.41. The number of nitrogens with one attached hydrogen (secondary N) is 1. The molecule has 6 rings (SSSR count). The van der Waals surface area contributed by atoms with Gasteiger partial charge in [0, 0.05) is 20.2 Å². The Hall–Kier alpha value is -5.37.